The van der Waals surface area contributed by atoms with Crippen molar-refractivity contribution >= 4 is 45.4 Å². The minimum absolute atomic E-state index is 0.0490. The van der Waals surface area contributed by atoms with Crippen molar-refractivity contribution < 1.29 is 34.1 Å². The Hall–Kier alpha value is -3.71. The van der Waals surface area contributed by atoms with Gasteiger partial charge in [0.15, 0.2) is 5.96 Å². The maximum atomic E-state index is 13.7. The van der Waals surface area contributed by atoms with Crippen molar-refractivity contribution in [2.75, 3.05) is 25.0 Å². The standard InChI is InChI=1S/C22H23BrFN5O6/c23-13-1-11(2-14(24)5-13)18(7-20(33)34)29-19(32)10-25-21(35)12-3-15(6-16(30)4-12)28-22-26-8-17(31)9-27-22/h1-6,17-18,30-31H,7-10H2,(H,25,35)(H,29,32)(H,33,34)(H2,26,27,28)/t18-/m0/s1. The smallest absolute Gasteiger partial charge is 0.305 e. The Balaban J connectivity index is 1.63. The van der Waals surface area contributed by atoms with E-state index >= 15 is 0 Å². The van der Waals surface area contributed by atoms with Crippen molar-refractivity contribution in [2.45, 2.75) is 18.6 Å². The highest BCUT2D eigenvalue weighted by atomic mass is 79.9. The zero-order valence-corrected chi connectivity index (χ0v) is 19.8. The molecule has 2 atom stereocenters. The molecule has 1 unspecified atom stereocenters. The van der Waals surface area contributed by atoms with Gasteiger partial charge >= 0.3 is 5.97 Å². The number of hydrogen-bond donors (Lipinski definition) is 7. The van der Waals surface area contributed by atoms with Gasteiger partial charge in [-0.25, -0.2) is 4.39 Å². The molecule has 1 aliphatic heterocycles. The summed E-state index contributed by atoms with van der Waals surface area (Å²) in [7, 11) is 0. The van der Waals surface area contributed by atoms with Gasteiger partial charge in [-0.05, 0) is 35.9 Å². The zero-order chi connectivity index (χ0) is 25.5. The van der Waals surface area contributed by atoms with E-state index in [4.69, 9.17) is 5.11 Å². The van der Waals surface area contributed by atoms with Gasteiger partial charge in [-0.1, -0.05) is 15.9 Å². The second kappa shape index (κ2) is 11.6. The third-order valence-corrected chi connectivity index (χ3v) is 5.28. The lowest BCUT2D eigenvalue weighted by atomic mass is 10.0. The third-order valence-electron chi connectivity index (χ3n) is 4.82. The summed E-state index contributed by atoms with van der Waals surface area (Å²) in [6.45, 7) is 0.00457. The van der Waals surface area contributed by atoms with Crippen molar-refractivity contribution in [3.8, 4) is 5.75 Å². The summed E-state index contributed by atoms with van der Waals surface area (Å²) >= 11 is 3.13. The molecule has 2 aromatic rings. The number of nitrogens with one attached hydrogen (secondary N) is 4. The lowest BCUT2D eigenvalue weighted by molar-refractivity contribution is -0.137. The van der Waals surface area contributed by atoms with Crippen LogP contribution in [0.4, 0.5) is 10.1 Å². The molecule has 35 heavy (non-hydrogen) atoms. The summed E-state index contributed by atoms with van der Waals surface area (Å²) in [4.78, 5) is 40.3. The van der Waals surface area contributed by atoms with E-state index in [0.29, 0.717) is 22.7 Å². The molecule has 0 saturated carbocycles. The molecule has 186 valence electrons. The number of carbonyl (C=O) groups excluding carboxylic acids is 2. The highest BCUT2D eigenvalue weighted by Crippen LogP contribution is 2.23. The number of amides is 2. The molecular formula is C22H23BrFN5O6. The van der Waals surface area contributed by atoms with Crippen LogP contribution in [-0.4, -0.2) is 64.8 Å². The number of aliphatic imine (C=N–C) groups is 1. The summed E-state index contributed by atoms with van der Waals surface area (Å²) in [5.41, 5.74) is 0.641. The third kappa shape index (κ3) is 7.93. The first kappa shape index (κ1) is 25.9. The number of nitrogens with zero attached hydrogens (tertiary/aromatic N) is 1. The van der Waals surface area contributed by atoms with Crippen LogP contribution < -0.4 is 21.3 Å². The van der Waals surface area contributed by atoms with Gasteiger partial charge < -0.3 is 36.6 Å². The van der Waals surface area contributed by atoms with E-state index in [1.807, 2.05) is 0 Å². The zero-order valence-electron chi connectivity index (χ0n) is 18.2. The SMILES string of the molecule is O=C(O)C[C@H](NC(=O)CNC(=O)c1cc(O)cc(NC2=NCC(O)CN2)c1)c1cc(F)cc(Br)c1. The number of carboxylic acids is 1. The maximum Gasteiger partial charge on any atom is 0.305 e. The lowest BCUT2D eigenvalue weighted by Crippen LogP contribution is -2.42. The van der Waals surface area contributed by atoms with Crippen LogP contribution >= 0.6 is 15.9 Å². The first-order chi connectivity index (χ1) is 16.6. The van der Waals surface area contributed by atoms with Gasteiger partial charge in [0.1, 0.15) is 11.6 Å². The Labute approximate surface area is 207 Å². The highest BCUT2D eigenvalue weighted by molar-refractivity contribution is 9.10. The average molecular weight is 552 g/mol. The van der Waals surface area contributed by atoms with E-state index in [9.17, 15) is 29.0 Å². The van der Waals surface area contributed by atoms with Crippen LogP contribution in [0.1, 0.15) is 28.4 Å². The Morgan fingerprint density at radius 3 is 2.63 bits per heavy atom. The van der Waals surface area contributed by atoms with Crippen molar-refractivity contribution in [2.24, 2.45) is 4.99 Å². The van der Waals surface area contributed by atoms with Crippen LogP contribution in [0.25, 0.3) is 0 Å². The number of aromatic hydroxyl groups is 1. The van der Waals surface area contributed by atoms with Crippen molar-refractivity contribution in [3.63, 3.8) is 0 Å². The normalized spacial score (nSPS) is 15.9. The van der Waals surface area contributed by atoms with Crippen molar-refractivity contribution in [1.82, 2.24) is 16.0 Å². The fourth-order valence-electron chi connectivity index (χ4n) is 3.28. The molecule has 0 fully saturated rings. The second-order valence-electron chi connectivity index (χ2n) is 7.72. The number of hydrogen-bond acceptors (Lipinski definition) is 8. The number of aliphatic hydroxyl groups excluding tert-OH is 1. The van der Waals surface area contributed by atoms with Crippen LogP contribution in [0, 0.1) is 5.82 Å². The van der Waals surface area contributed by atoms with E-state index in [1.54, 1.807) is 0 Å². The summed E-state index contributed by atoms with van der Waals surface area (Å²) in [6, 6.07) is 6.78. The van der Waals surface area contributed by atoms with Gasteiger partial charge in [0.25, 0.3) is 5.91 Å². The van der Waals surface area contributed by atoms with Gasteiger partial charge in [-0.3, -0.25) is 19.4 Å². The maximum absolute atomic E-state index is 13.7. The monoisotopic (exact) mass is 551 g/mol. The number of phenolic OH excluding ortho intramolecular Hbond substituents is 1. The number of phenols is 1. The minimum Gasteiger partial charge on any atom is -0.508 e. The second-order valence-corrected chi connectivity index (χ2v) is 8.64. The highest BCUT2D eigenvalue weighted by Gasteiger charge is 2.20. The van der Waals surface area contributed by atoms with Gasteiger partial charge in [0.05, 0.1) is 31.7 Å². The molecule has 3 rings (SSSR count). The molecule has 7 N–H and O–H groups in total. The molecule has 1 aliphatic rings. The Bertz CT molecular complexity index is 1140. The number of aliphatic carboxylic acids is 1. The van der Waals surface area contributed by atoms with Crippen LogP contribution in [-0.2, 0) is 9.59 Å². The summed E-state index contributed by atoms with van der Waals surface area (Å²) in [5, 5.41) is 39.2. The Kier molecular flexibility index (Phi) is 8.60. The van der Waals surface area contributed by atoms with Crippen LogP contribution in [0.15, 0.2) is 45.9 Å². The molecular weight excluding hydrogens is 529 g/mol. The molecule has 13 heteroatoms. The number of rotatable bonds is 8. The summed E-state index contributed by atoms with van der Waals surface area (Å²) in [6.07, 6.45) is -1.10. The van der Waals surface area contributed by atoms with Crippen molar-refractivity contribution in [3.05, 3.63) is 57.8 Å². The van der Waals surface area contributed by atoms with Gasteiger partial charge in [0, 0.05) is 28.3 Å². The van der Waals surface area contributed by atoms with Crippen LogP contribution in [0.2, 0.25) is 0 Å². The fraction of sp³-hybridized carbons (Fsp3) is 0.273. The molecule has 11 nitrogen and oxygen atoms in total. The minimum atomic E-state index is -1.20. The number of carbonyl (C=O) groups is 3. The van der Waals surface area contributed by atoms with E-state index in [0.717, 1.165) is 6.07 Å². The van der Waals surface area contributed by atoms with Gasteiger partial charge in [-0.15, -0.1) is 0 Å². The van der Waals surface area contributed by atoms with E-state index in [2.05, 4.69) is 42.2 Å². The predicted molar refractivity (Wildman–Crippen MR) is 128 cm³/mol. The van der Waals surface area contributed by atoms with Gasteiger partial charge in [0.2, 0.25) is 5.91 Å². The number of halogens is 2. The van der Waals surface area contributed by atoms with E-state index < -0.39 is 48.7 Å². The van der Waals surface area contributed by atoms with E-state index in [-0.39, 0.29) is 23.4 Å². The number of β-amino-alcohol motifs (C(OH)–C–C–N with tert-alkyl or cyclic N) is 1. The molecule has 0 saturated heterocycles. The number of guanidine groups is 1. The quantitative estimate of drug-likeness (QED) is 0.255. The molecule has 0 aromatic heterocycles. The van der Waals surface area contributed by atoms with Gasteiger partial charge in [-0.2, -0.15) is 0 Å². The molecule has 0 bridgehead atoms. The topological polar surface area (TPSA) is 172 Å². The first-order valence-corrected chi connectivity index (χ1v) is 11.2. The lowest BCUT2D eigenvalue weighted by Gasteiger charge is -2.20. The fourth-order valence-corrected chi connectivity index (χ4v) is 3.76. The molecule has 0 radical (unpaired) electrons. The molecule has 2 amide bonds. The Morgan fingerprint density at radius 1 is 1.20 bits per heavy atom. The molecule has 0 spiro atoms. The number of benzene rings is 2. The van der Waals surface area contributed by atoms with E-state index in [1.165, 1.54) is 30.3 Å². The van der Waals surface area contributed by atoms with Crippen molar-refractivity contribution in [1.29, 1.82) is 0 Å². The summed E-state index contributed by atoms with van der Waals surface area (Å²) < 4.78 is 14.1. The predicted octanol–water partition coefficient (Wildman–Crippen LogP) is 1.09. The number of aliphatic hydroxyl groups is 1. The first-order valence-electron chi connectivity index (χ1n) is 10.4. The largest absolute Gasteiger partial charge is 0.508 e. The molecule has 2 aromatic carbocycles. The number of anilines is 1. The Morgan fingerprint density at radius 2 is 1.97 bits per heavy atom. The molecule has 0 aliphatic carbocycles. The molecule has 1 heterocycles. The van der Waals surface area contributed by atoms with Crippen LogP contribution in [0.5, 0.6) is 5.75 Å². The summed E-state index contributed by atoms with van der Waals surface area (Å²) in [5.74, 6) is -3.02. The van der Waals surface area contributed by atoms with Crippen LogP contribution in [0.3, 0.4) is 0 Å². The average Bonchev–Trinajstić information content (AvgIpc) is 2.77. The number of carboxylic acid groups (broad SMARTS) is 1.